The van der Waals surface area contributed by atoms with Crippen LogP contribution in [0.1, 0.15) is 6.92 Å². The molecule has 2 aliphatic rings. The van der Waals surface area contributed by atoms with Gasteiger partial charge in [0, 0.05) is 11.4 Å². The summed E-state index contributed by atoms with van der Waals surface area (Å²) in [6.07, 6.45) is 0. The molecule has 0 N–H and O–H groups in total. The SMILES string of the molecule is CCN1/C(=C2/SC(=S)N(c3ccccc3)C2=O)Sc2ccccc21. The summed E-state index contributed by atoms with van der Waals surface area (Å²) >= 11 is 8.51. The van der Waals surface area contributed by atoms with Crippen molar-refractivity contribution < 1.29 is 4.79 Å². The summed E-state index contributed by atoms with van der Waals surface area (Å²) in [5, 5.41) is 0.981. The van der Waals surface area contributed by atoms with Crippen LogP contribution in [-0.2, 0) is 4.79 Å². The van der Waals surface area contributed by atoms with Crippen LogP contribution in [-0.4, -0.2) is 16.8 Å². The Morgan fingerprint density at radius 3 is 2.46 bits per heavy atom. The van der Waals surface area contributed by atoms with Crippen molar-refractivity contribution in [1.82, 2.24) is 0 Å². The van der Waals surface area contributed by atoms with Gasteiger partial charge in [0.2, 0.25) is 0 Å². The van der Waals surface area contributed by atoms with Crippen LogP contribution in [0, 0.1) is 0 Å². The molecule has 0 aromatic heterocycles. The maximum atomic E-state index is 13.0. The molecule has 0 saturated carbocycles. The number of hydrogen-bond acceptors (Lipinski definition) is 5. The Bertz CT molecular complexity index is 864. The molecule has 2 heterocycles. The third kappa shape index (κ3) is 2.46. The molecule has 120 valence electrons. The number of thiocarbonyl (C=S) groups is 1. The van der Waals surface area contributed by atoms with Crippen molar-refractivity contribution in [1.29, 1.82) is 0 Å². The number of fused-ring (bicyclic) bond motifs is 1. The lowest BCUT2D eigenvalue weighted by Crippen LogP contribution is -2.28. The number of carbonyl (C=O) groups is 1. The van der Waals surface area contributed by atoms with Gasteiger partial charge >= 0.3 is 0 Å². The lowest BCUT2D eigenvalue weighted by atomic mass is 10.3. The average molecular weight is 371 g/mol. The Labute approximate surface area is 154 Å². The van der Waals surface area contributed by atoms with Gasteiger partial charge in [0.25, 0.3) is 5.91 Å². The third-order valence-corrected chi connectivity index (χ3v) is 6.58. The van der Waals surface area contributed by atoms with Crippen molar-refractivity contribution in [2.75, 3.05) is 16.3 Å². The van der Waals surface area contributed by atoms with Gasteiger partial charge in [-0.1, -0.05) is 66.1 Å². The fourth-order valence-electron chi connectivity index (χ4n) is 2.81. The first-order valence-electron chi connectivity index (χ1n) is 7.60. The van der Waals surface area contributed by atoms with Crippen molar-refractivity contribution in [3.8, 4) is 0 Å². The molecule has 1 fully saturated rings. The molecule has 4 rings (SSSR count). The molecule has 0 spiro atoms. The maximum absolute atomic E-state index is 13.0. The molecule has 1 amide bonds. The summed E-state index contributed by atoms with van der Waals surface area (Å²) in [5.74, 6) is -0.0371. The van der Waals surface area contributed by atoms with E-state index in [0.29, 0.717) is 9.23 Å². The second-order valence-corrected chi connectivity index (χ2v) is 7.97. The molecule has 6 heteroatoms. The van der Waals surface area contributed by atoms with Crippen molar-refractivity contribution >= 4 is 57.3 Å². The van der Waals surface area contributed by atoms with Gasteiger partial charge in [-0.15, -0.1) is 0 Å². The summed E-state index contributed by atoms with van der Waals surface area (Å²) < 4.78 is 0.585. The lowest BCUT2D eigenvalue weighted by molar-refractivity contribution is -0.113. The van der Waals surface area contributed by atoms with Gasteiger partial charge in [-0.2, -0.15) is 0 Å². The van der Waals surface area contributed by atoms with Crippen molar-refractivity contribution in [3.63, 3.8) is 0 Å². The van der Waals surface area contributed by atoms with Crippen molar-refractivity contribution in [2.24, 2.45) is 0 Å². The Balaban J connectivity index is 1.77. The van der Waals surface area contributed by atoms with Gasteiger partial charge < -0.3 is 4.90 Å². The number of hydrogen-bond donors (Lipinski definition) is 0. The number of nitrogens with zero attached hydrogens (tertiary/aromatic N) is 2. The molecule has 2 aliphatic heterocycles. The zero-order valence-electron chi connectivity index (χ0n) is 12.9. The maximum Gasteiger partial charge on any atom is 0.273 e. The van der Waals surface area contributed by atoms with Gasteiger partial charge in [0.15, 0.2) is 4.32 Å². The number of para-hydroxylation sites is 2. The van der Waals surface area contributed by atoms with E-state index in [0.717, 1.165) is 22.9 Å². The minimum Gasteiger partial charge on any atom is -0.334 e. The molecular formula is C18H14N2OS3. The van der Waals surface area contributed by atoms with Crippen LogP contribution >= 0.6 is 35.7 Å². The molecule has 0 atom stereocenters. The van der Waals surface area contributed by atoms with E-state index in [1.54, 1.807) is 16.7 Å². The zero-order valence-corrected chi connectivity index (χ0v) is 15.4. The second kappa shape index (κ2) is 6.27. The van der Waals surface area contributed by atoms with E-state index in [1.807, 2.05) is 42.5 Å². The fourth-order valence-corrected chi connectivity index (χ4v) is 5.49. The average Bonchev–Trinajstić information content (AvgIpc) is 3.12. The number of thioether (sulfide) groups is 2. The Morgan fingerprint density at radius 2 is 1.71 bits per heavy atom. The number of rotatable bonds is 2. The lowest BCUT2D eigenvalue weighted by Gasteiger charge is -2.19. The van der Waals surface area contributed by atoms with Crippen LogP contribution in [0.4, 0.5) is 11.4 Å². The van der Waals surface area contributed by atoms with Crippen LogP contribution < -0.4 is 9.80 Å². The largest absolute Gasteiger partial charge is 0.334 e. The standard InChI is InChI=1S/C18H14N2OS3/c1-2-19-13-10-6-7-11-14(13)23-17(19)15-16(21)20(18(22)24-15)12-8-4-3-5-9-12/h3-11H,2H2,1H3/b17-15-. The van der Waals surface area contributed by atoms with E-state index >= 15 is 0 Å². The van der Waals surface area contributed by atoms with E-state index in [1.165, 1.54) is 16.7 Å². The summed E-state index contributed by atoms with van der Waals surface area (Å²) in [4.78, 5) is 18.7. The monoisotopic (exact) mass is 370 g/mol. The van der Waals surface area contributed by atoms with Gasteiger partial charge in [0.1, 0.15) is 9.93 Å². The fraction of sp³-hybridized carbons (Fsp3) is 0.111. The predicted molar refractivity (Wildman–Crippen MR) is 106 cm³/mol. The van der Waals surface area contributed by atoms with Gasteiger partial charge in [-0.25, -0.2) is 0 Å². The van der Waals surface area contributed by atoms with E-state index in [-0.39, 0.29) is 5.91 Å². The molecule has 0 aliphatic carbocycles. The van der Waals surface area contributed by atoms with Gasteiger partial charge in [-0.05, 0) is 31.2 Å². The Kier molecular flexibility index (Phi) is 4.12. The molecular weight excluding hydrogens is 356 g/mol. The smallest absolute Gasteiger partial charge is 0.273 e. The zero-order chi connectivity index (χ0) is 16.7. The second-order valence-electron chi connectivity index (χ2n) is 5.29. The molecule has 0 unspecified atom stereocenters. The van der Waals surface area contributed by atoms with Crippen molar-refractivity contribution in [3.05, 3.63) is 64.5 Å². The number of benzene rings is 2. The number of carbonyl (C=O) groups excluding carboxylic acids is 1. The predicted octanol–water partition coefficient (Wildman–Crippen LogP) is 4.85. The van der Waals surface area contributed by atoms with Gasteiger partial charge in [-0.3, -0.25) is 9.69 Å². The first-order valence-corrected chi connectivity index (χ1v) is 9.65. The Hall–Kier alpha value is -1.76. The third-order valence-electron chi connectivity index (χ3n) is 3.90. The molecule has 0 bridgehead atoms. The van der Waals surface area contributed by atoms with E-state index in [4.69, 9.17) is 12.2 Å². The summed E-state index contributed by atoms with van der Waals surface area (Å²) in [7, 11) is 0. The van der Waals surface area contributed by atoms with Gasteiger partial charge in [0.05, 0.1) is 11.4 Å². The number of amides is 1. The van der Waals surface area contributed by atoms with Crippen molar-refractivity contribution in [2.45, 2.75) is 11.8 Å². The minimum atomic E-state index is -0.0371. The highest BCUT2D eigenvalue weighted by molar-refractivity contribution is 8.27. The molecule has 3 nitrogen and oxygen atoms in total. The molecule has 2 aromatic rings. The van der Waals surface area contributed by atoms with Crippen LogP contribution in [0.3, 0.4) is 0 Å². The highest BCUT2D eigenvalue weighted by atomic mass is 32.2. The van der Waals surface area contributed by atoms with E-state index < -0.39 is 0 Å². The number of anilines is 2. The normalized spacial score (nSPS) is 20.0. The van der Waals surface area contributed by atoms with Crippen LogP contribution in [0.25, 0.3) is 0 Å². The molecule has 24 heavy (non-hydrogen) atoms. The molecule has 2 aromatic carbocycles. The van der Waals surface area contributed by atoms with E-state index in [2.05, 4.69) is 24.0 Å². The minimum absolute atomic E-state index is 0.0371. The highest BCUT2D eigenvalue weighted by Crippen LogP contribution is 2.50. The van der Waals surface area contributed by atoms with Crippen LogP contribution in [0.5, 0.6) is 0 Å². The van der Waals surface area contributed by atoms with Crippen LogP contribution in [0.15, 0.2) is 69.4 Å². The van der Waals surface area contributed by atoms with Crippen LogP contribution in [0.2, 0.25) is 0 Å². The summed E-state index contributed by atoms with van der Waals surface area (Å²) in [5.41, 5.74) is 1.98. The first kappa shape index (κ1) is 15.7. The molecule has 1 saturated heterocycles. The molecule has 0 radical (unpaired) electrons. The topological polar surface area (TPSA) is 23.6 Å². The summed E-state index contributed by atoms with van der Waals surface area (Å²) in [6.45, 7) is 2.91. The Morgan fingerprint density at radius 1 is 1.00 bits per heavy atom. The summed E-state index contributed by atoms with van der Waals surface area (Å²) in [6, 6.07) is 17.8. The van der Waals surface area contributed by atoms with E-state index in [9.17, 15) is 4.79 Å². The quantitative estimate of drug-likeness (QED) is 0.555. The first-order chi connectivity index (χ1) is 11.7. The highest BCUT2D eigenvalue weighted by Gasteiger charge is 2.39.